The molecule has 2 rings (SSSR count). The fourth-order valence-corrected chi connectivity index (χ4v) is 7.94. The highest BCUT2D eigenvalue weighted by molar-refractivity contribution is 6.99. The van der Waals surface area contributed by atoms with E-state index in [-0.39, 0.29) is 5.04 Å². The lowest BCUT2D eigenvalue weighted by Gasteiger charge is -2.45. The molecule has 0 saturated heterocycles. The minimum absolute atomic E-state index is 0.247. The average molecular weight is 359 g/mol. The molecule has 0 aliphatic rings. The Hall–Kier alpha value is -1.78. The number of hydrogen-bond donors (Lipinski definition) is 0. The van der Waals surface area contributed by atoms with Gasteiger partial charge >= 0.3 is 0 Å². The Kier molecular flexibility index (Phi) is 5.64. The maximum atomic E-state index is 14.7. The molecule has 2 nitrogen and oxygen atoms in total. The number of carbonyl (C=O) groups is 1. The molecule has 25 heavy (non-hydrogen) atoms. The lowest BCUT2D eigenvalue weighted by Crippen LogP contribution is -2.68. The fraction of sp³-hybridized carbons (Fsp3) is 0.381. The molecule has 0 aliphatic carbocycles. The van der Waals surface area contributed by atoms with E-state index in [1.54, 1.807) is 6.92 Å². The summed E-state index contributed by atoms with van der Waals surface area (Å²) in [4.78, 5) is 11.2. The lowest BCUT2D eigenvalue weighted by atomic mass is 10.1. The van der Waals surface area contributed by atoms with Crippen molar-refractivity contribution in [3.63, 3.8) is 0 Å². The predicted octanol–water partition coefficient (Wildman–Crippen LogP) is 3.88. The van der Waals surface area contributed by atoms with E-state index < -0.39 is 20.1 Å². The zero-order chi connectivity index (χ0) is 18.7. The van der Waals surface area contributed by atoms with Gasteiger partial charge in [-0.1, -0.05) is 81.4 Å². The molecule has 0 saturated carbocycles. The minimum atomic E-state index is -2.84. The first-order chi connectivity index (χ1) is 11.6. The van der Waals surface area contributed by atoms with Crippen molar-refractivity contribution in [2.24, 2.45) is 0 Å². The predicted molar refractivity (Wildman–Crippen MR) is 104 cm³/mol. The van der Waals surface area contributed by atoms with Gasteiger partial charge in [0.05, 0.1) is 6.10 Å². The van der Waals surface area contributed by atoms with Gasteiger partial charge in [-0.05, 0) is 29.3 Å². The van der Waals surface area contributed by atoms with E-state index in [1.165, 1.54) is 6.92 Å². The first-order valence-electron chi connectivity index (χ1n) is 8.59. The topological polar surface area (TPSA) is 26.3 Å². The largest absolute Gasteiger partial charge is 0.401 e. The molecule has 2 atom stereocenters. The van der Waals surface area contributed by atoms with Crippen LogP contribution in [0.3, 0.4) is 0 Å². The number of alkyl halides is 1. The summed E-state index contributed by atoms with van der Waals surface area (Å²) < 4.78 is 21.3. The Bertz CT molecular complexity index is 653. The molecule has 2 aromatic carbocycles. The normalized spacial score (nSPS) is 16.1. The van der Waals surface area contributed by atoms with Crippen molar-refractivity contribution in [2.75, 3.05) is 0 Å². The maximum Gasteiger partial charge on any atom is 0.261 e. The highest BCUT2D eigenvalue weighted by atomic mass is 28.4. The van der Waals surface area contributed by atoms with Crippen LogP contribution in [0.15, 0.2) is 60.7 Å². The van der Waals surface area contributed by atoms with Crippen LogP contribution in [-0.2, 0) is 9.22 Å². The molecule has 0 N–H and O–H groups in total. The molecular formula is C21H27FO2Si. The van der Waals surface area contributed by atoms with Crippen LogP contribution in [0.1, 0.15) is 34.6 Å². The van der Waals surface area contributed by atoms with E-state index in [4.69, 9.17) is 4.43 Å². The molecular weight excluding hydrogens is 331 g/mol. The summed E-state index contributed by atoms with van der Waals surface area (Å²) in [5, 5.41) is 1.90. The Morgan fingerprint density at radius 3 is 1.64 bits per heavy atom. The average Bonchev–Trinajstić information content (AvgIpc) is 2.59. The summed E-state index contributed by atoms with van der Waals surface area (Å²) in [7, 11) is -2.84. The number of hydrogen-bond acceptors (Lipinski definition) is 2. The molecule has 0 bridgehead atoms. The Morgan fingerprint density at radius 1 is 0.920 bits per heavy atom. The molecule has 0 aromatic heterocycles. The van der Waals surface area contributed by atoms with Gasteiger partial charge < -0.3 is 4.43 Å². The molecule has 0 spiro atoms. The third-order valence-corrected chi connectivity index (χ3v) is 9.91. The summed E-state index contributed by atoms with van der Waals surface area (Å²) in [6.07, 6.45) is -0.508. The Labute approximate surface area is 151 Å². The van der Waals surface area contributed by atoms with Crippen molar-refractivity contribution < 1.29 is 13.6 Å². The van der Waals surface area contributed by atoms with E-state index in [0.29, 0.717) is 6.29 Å². The van der Waals surface area contributed by atoms with Gasteiger partial charge in [0.2, 0.25) is 0 Å². The summed E-state index contributed by atoms with van der Waals surface area (Å²) in [5.41, 5.74) is -2.03. The first-order valence-corrected chi connectivity index (χ1v) is 10.5. The number of rotatable bonds is 6. The number of carbonyl (C=O) groups excluding carboxylic acids is 1. The summed E-state index contributed by atoms with van der Waals surface area (Å²) in [6.45, 7) is 9.31. The SMILES string of the molecule is CC(O[Si](c1ccccc1)(c1ccccc1)C(C)(C)C)C(C)(F)C=O. The van der Waals surface area contributed by atoms with Gasteiger partial charge in [-0.2, -0.15) is 0 Å². The monoisotopic (exact) mass is 358 g/mol. The van der Waals surface area contributed by atoms with Crippen molar-refractivity contribution in [3.8, 4) is 0 Å². The molecule has 0 aliphatic heterocycles. The van der Waals surface area contributed by atoms with Crippen molar-refractivity contribution in [1.82, 2.24) is 0 Å². The maximum absolute atomic E-state index is 14.7. The van der Waals surface area contributed by atoms with E-state index in [0.717, 1.165) is 10.4 Å². The number of benzene rings is 2. The zero-order valence-corrected chi connectivity index (χ0v) is 16.6. The number of aldehydes is 1. The summed E-state index contributed by atoms with van der Waals surface area (Å²) in [5.74, 6) is 0. The van der Waals surface area contributed by atoms with Crippen molar-refractivity contribution in [1.29, 1.82) is 0 Å². The van der Waals surface area contributed by atoms with E-state index in [1.807, 2.05) is 60.7 Å². The molecule has 0 amide bonds. The van der Waals surface area contributed by atoms with Crippen LogP contribution in [0.4, 0.5) is 4.39 Å². The van der Waals surface area contributed by atoms with Gasteiger partial charge in [0.1, 0.15) is 0 Å². The van der Waals surface area contributed by atoms with Crippen molar-refractivity contribution in [2.45, 2.75) is 51.4 Å². The van der Waals surface area contributed by atoms with Crippen LogP contribution in [0, 0.1) is 0 Å². The third-order valence-electron chi connectivity index (χ3n) is 4.80. The second-order valence-electron chi connectivity index (χ2n) is 7.69. The van der Waals surface area contributed by atoms with Crippen LogP contribution in [-0.4, -0.2) is 26.4 Å². The van der Waals surface area contributed by atoms with Crippen LogP contribution >= 0.6 is 0 Å². The van der Waals surface area contributed by atoms with Gasteiger partial charge in [-0.15, -0.1) is 0 Å². The smallest absolute Gasteiger partial charge is 0.261 e. The lowest BCUT2D eigenvalue weighted by molar-refractivity contribution is -0.122. The van der Waals surface area contributed by atoms with Gasteiger partial charge in [-0.3, -0.25) is 4.79 Å². The molecule has 4 heteroatoms. The Morgan fingerprint density at radius 2 is 1.32 bits per heavy atom. The highest BCUT2D eigenvalue weighted by Crippen LogP contribution is 2.38. The van der Waals surface area contributed by atoms with E-state index in [9.17, 15) is 9.18 Å². The van der Waals surface area contributed by atoms with Gasteiger partial charge in [0, 0.05) is 0 Å². The van der Waals surface area contributed by atoms with Crippen LogP contribution < -0.4 is 10.4 Å². The first kappa shape index (κ1) is 19.5. The fourth-order valence-electron chi connectivity index (χ4n) is 3.17. The van der Waals surface area contributed by atoms with Gasteiger partial charge in [0.15, 0.2) is 12.0 Å². The minimum Gasteiger partial charge on any atom is -0.401 e. The van der Waals surface area contributed by atoms with Crippen molar-refractivity contribution >= 4 is 25.0 Å². The standard InChI is InChI=1S/C21H27FO2Si/c1-17(21(5,22)16-23)24-25(20(2,3)4,18-12-8-6-9-13-18)19-14-10-7-11-15-19/h6-17H,1-5H3. The quantitative estimate of drug-likeness (QED) is 0.579. The molecule has 2 aromatic rings. The van der Waals surface area contributed by atoms with Crippen LogP contribution in [0.2, 0.25) is 5.04 Å². The third kappa shape index (κ3) is 3.75. The second-order valence-corrected chi connectivity index (χ2v) is 11.9. The van der Waals surface area contributed by atoms with Crippen LogP contribution in [0.25, 0.3) is 0 Å². The van der Waals surface area contributed by atoms with E-state index >= 15 is 0 Å². The summed E-state index contributed by atoms with van der Waals surface area (Å²) >= 11 is 0. The molecule has 134 valence electrons. The summed E-state index contributed by atoms with van der Waals surface area (Å²) in [6, 6.07) is 20.0. The van der Waals surface area contributed by atoms with Crippen LogP contribution in [0.5, 0.6) is 0 Å². The molecule has 0 fully saturated rings. The van der Waals surface area contributed by atoms with Gasteiger partial charge in [-0.25, -0.2) is 4.39 Å². The van der Waals surface area contributed by atoms with Crippen molar-refractivity contribution in [3.05, 3.63) is 60.7 Å². The van der Waals surface area contributed by atoms with E-state index in [2.05, 4.69) is 20.8 Å². The molecule has 2 unspecified atom stereocenters. The van der Waals surface area contributed by atoms with Gasteiger partial charge in [0.25, 0.3) is 8.32 Å². The highest BCUT2D eigenvalue weighted by Gasteiger charge is 2.53. The molecule has 0 heterocycles. The zero-order valence-electron chi connectivity index (χ0n) is 15.6. The second kappa shape index (κ2) is 7.22. The number of halogens is 1. The molecule has 0 radical (unpaired) electrons. The Balaban J connectivity index is 2.71.